The van der Waals surface area contributed by atoms with Crippen LogP contribution >= 0.6 is 0 Å². The zero-order valence-electron chi connectivity index (χ0n) is 35.9. The molecule has 0 amide bonds. The molecule has 0 fully saturated rings. The smallest absolute Gasteiger partial charge is 0.306 e. The van der Waals surface area contributed by atoms with Gasteiger partial charge in [0.2, 0.25) is 0 Å². The van der Waals surface area contributed by atoms with E-state index in [-0.39, 0.29) is 31.1 Å². The minimum atomic E-state index is -0.783. The molecular weight excluding hydrogens is 685 g/mol. The highest BCUT2D eigenvalue weighted by Gasteiger charge is 2.19. The van der Waals surface area contributed by atoms with Crippen LogP contribution in [-0.4, -0.2) is 37.2 Å². The quantitative estimate of drug-likeness (QED) is 0.0267. The average molecular weight is 769 g/mol. The molecule has 0 bridgehead atoms. The third kappa shape index (κ3) is 42.1. The third-order valence-electron chi connectivity index (χ3n) is 9.52. The molecule has 0 spiro atoms. The molecule has 6 nitrogen and oxygen atoms in total. The molecule has 0 saturated heterocycles. The second-order valence-corrected chi connectivity index (χ2v) is 14.9. The normalized spacial score (nSPS) is 12.6. The number of hydrogen-bond acceptors (Lipinski definition) is 6. The van der Waals surface area contributed by atoms with Crippen LogP contribution in [0.2, 0.25) is 0 Å². The predicted molar refractivity (Wildman–Crippen MR) is 233 cm³/mol. The highest BCUT2D eigenvalue weighted by atomic mass is 16.6. The monoisotopic (exact) mass is 769 g/mol. The van der Waals surface area contributed by atoms with E-state index in [1.807, 2.05) is 0 Å². The van der Waals surface area contributed by atoms with Gasteiger partial charge < -0.3 is 14.2 Å². The second-order valence-electron chi connectivity index (χ2n) is 14.9. The summed E-state index contributed by atoms with van der Waals surface area (Å²) in [6, 6.07) is 0. The fraction of sp³-hybridized carbons (Fsp3) is 0.735. The van der Waals surface area contributed by atoms with Crippen molar-refractivity contribution in [2.24, 2.45) is 0 Å². The van der Waals surface area contributed by atoms with Gasteiger partial charge in [-0.3, -0.25) is 14.4 Å². The van der Waals surface area contributed by atoms with Crippen molar-refractivity contribution < 1.29 is 28.6 Å². The van der Waals surface area contributed by atoms with Crippen LogP contribution in [0.3, 0.4) is 0 Å². The van der Waals surface area contributed by atoms with Crippen molar-refractivity contribution in [3.63, 3.8) is 0 Å². The van der Waals surface area contributed by atoms with Crippen molar-refractivity contribution in [3.05, 3.63) is 60.8 Å². The van der Waals surface area contributed by atoms with E-state index in [0.717, 1.165) is 109 Å². The Kier molecular flexibility index (Phi) is 41.5. The first kappa shape index (κ1) is 52.1. The number of hydrogen-bond donors (Lipinski definition) is 0. The van der Waals surface area contributed by atoms with Crippen molar-refractivity contribution in [3.8, 4) is 0 Å². The first-order chi connectivity index (χ1) is 27.0. The standard InChI is InChI=1S/C49H84O6/c1-4-7-10-13-16-19-21-23-25-27-30-33-36-39-42-48(51)54-45-46(44-53-47(50)41-38-35-32-29-18-15-12-9-6-3)55-49(52)43-40-37-34-31-28-26-24-22-20-17-14-11-8-5-2/h7-8,10-11,16-17,19-20,23,25,46H,4-6,9,12-15,18,21-22,24,26-45H2,1-3H3/b10-7-,11-8-,19-16-,20-17-,25-23-. The lowest BCUT2D eigenvalue weighted by molar-refractivity contribution is -0.167. The maximum absolute atomic E-state index is 12.7. The molecule has 1 unspecified atom stereocenters. The highest BCUT2D eigenvalue weighted by Crippen LogP contribution is 2.14. The van der Waals surface area contributed by atoms with E-state index in [4.69, 9.17) is 14.2 Å². The molecule has 0 heterocycles. The number of allylic oxidation sites excluding steroid dienone is 10. The second kappa shape index (κ2) is 43.8. The lowest BCUT2D eigenvalue weighted by Crippen LogP contribution is -2.30. The zero-order valence-corrected chi connectivity index (χ0v) is 35.9. The van der Waals surface area contributed by atoms with E-state index in [0.29, 0.717) is 19.3 Å². The van der Waals surface area contributed by atoms with E-state index in [1.165, 1.54) is 64.2 Å². The molecule has 0 aliphatic heterocycles. The van der Waals surface area contributed by atoms with Crippen LogP contribution in [0, 0.1) is 0 Å². The molecule has 0 aromatic rings. The molecule has 0 rings (SSSR count). The van der Waals surface area contributed by atoms with E-state index >= 15 is 0 Å². The predicted octanol–water partition coefficient (Wildman–Crippen LogP) is 14.5. The molecule has 0 radical (unpaired) electrons. The van der Waals surface area contributed by atoms with Gasteiger partial charge in [-0.1, -0.05) is 178 Å². The molecule has 1 atom stereocenters. The van der Waals surface area contributed by atoms with Crippen LogP contribution < -0.4 is 0 Å². The molecule has 55 heavy (non-hydrogen) atoms. The Hall–Kier alpha value is -2.89. The molecule has 0 saturated carbocycles. The summed E-state index contributed by atoms with van der Waals surface area (Å²) in [5, 5.41) is 0. The summed E-state index contributed by atoms with van der Waals surface area (Å²) in [6.45, 7) is 6.36. The van der Waals surface area contributed by atoms with Crippen molar-refractivity contribution in [2.45, 2.75) is 219 Å². The first-order valence-corrected chi connectivity index (χ1v) is 22.8. The number of carbonyl (C=O) groups is 3. The summed E-state index contributed by atoms with van der Waals surface area (Å²) in [5.41, 5.74) is 0. The SMILES string of the molecule is CC/C=C\C/C=C\C/C=C\CCCCCCC(=O)OCC(COC(=O)CCCCCCCCCCC)OC(=O)CCCCCCCCC/C=C\C/C=C\CC. The summed E-state index contributed by atoms with van der Waals surface area (Å²) in [4.78, 5) is 37.7. The van der Waals surface area contributed by atoms with E-state index in [2.05, 4.69) is 81.5 Å². The van der Waals surface area contributed by atoms with Crippen LogP contribution in [0.15, 0.2) is 60.8 Å². The van der Waals surface area contributed by atoms with E-state index in [9.17, 15) is 14.4 Å². The zero-order chi connectivity index (χ0) is 40.1. The minimum Gasteiger partial charge on any atom is -0.462 e. The lowest BCUT2D eigenvalue weighted by Gasteiger charge is -2.18. The fourth-order valence-corrected chi connectivity index (χ4v) is 6.14. The Morgan fingerprint density at radius 2 is 0.709 bits per heavy atom. The van der Waals surface area contributed by atoms with Crippen molar-refractivity contribution in [1.82, 2.24) is 0 Å². The molecule has 0 N–H and O–H groups in total. The van der Waals surface area contributed by atoms with Gasteiger partial charge in [0.15, 0.2) is 6.10 Å². The van der Waals surface area contributed by atoms with Crippen LogP contribution in [-0.2, 0) is 28.6 Å². The number of ether oxygens (including phenoxy) is 3. The Bertz CT molecular complexity index is 1020. The van der Waals surface area contributed by atoms with Crippen LogP contribution in [0.1, 0.15) is 213 Å². The molecular formula is C49H84O6. The average Bonchev–Trinajstić information content (AvgIpc) is 3.18. The fourth-order valence-electron chi connectivity index (χ4n) is 6.14. The Morgan fingerprint density at radius 3 is 1.11 bits per heavy atom. The number of unbranched alkanes of at least 4 members (excludes halogenated alkanes) is 19. The highest BCUT2D eigenvalue weighted by molar-refractivity contribution is 5.71. The van der Waals surface area contributed by atoms with E-state index < -0.39 is 6.10 Å². The Balaban J connectivity index is 4.40. The molecule has 0 aliphatic rings. The Morgan fingerprint density at radius 1 is 0.382 bits per heavy atom. The summed E-state index contributed by atoms with van der Waals surface area (Å²) in [7, 11) is 0. The third-order valence-corrected chi connectivity index (χ3v) is 9.52. The van der Waals surface area contributed by atoms with Gasteiger partial charge in [-0.25, -0.2) is 0 Å². The molecule has 0 aromatic heterocycles. The van der Waals surface area contributed by atoms with Gasteiger partial charge in [-0.15, -0.1) is 0 Å². The summed E-state index contributed by atoms with van der Waals surface area (Å²) in [5.74, 6) is -0.921. The number of carbonyl (C=O) groups excluding carboxylic acids is 3. The molecule has 0 aliphatic carbocycles. The summed E-state index contributed by atoms with van der Waals surface area (Å²) in [6.07, 6.45) is 52.0. The number of esters is 3. The van der Waals surface area contributed by atoms with Crippen LogP contribution in [0.25, 0.3) is 0 Å². The molecule has 6 heteroatoms. The molecule has 0 aromatic carbocycles. The molecule has 316 valence electrons. The van der Waals surface area contributed by atoms with Gasteiger partial charge in [-0.2, -0.15) is 0 Å². The Labute approximate surface area is 339 Å². The summed E-state index contributed by atoms with van der Waals surface area (Å²) >= 11 is 0. The summed E-state index contributed by atoms with van der Waals surface area (Å²) < 4.78 is 16.7. The maximum atomic E-state index is 12.7. The van der Waals surface area contributed by atoms with Crippen molar-refractivity contribution in [1.29, 1.82) is 0 Å². The van der Waals surface area contributed by atoms with Crippen LogP contribution in [0.5, 0.6) is 0 Å². The van der Waals surface area contributed by atoms with Crippen molar-refractivity contribution >= 4 is 17.9 Å². The largest absolute Gasteiger partial charge is 0.462 e. The van der Waals surface area contributed by atoms with Crippen LogP contribution in [0.4, 0.5) is 0 Å². The van der Waals surface area contributed by atoms with Gasteiger partial charge in [0, 0.05) is 19.3 Å². The maximum Gasteiger partial charge on any atom is 0.306 e. The topological polar surface area (TPSA) is 78.9 Å². The number of rotatable bonds is 40. The van der Waals surface area contributed by atoms with Crippen molar-refractivity contribution in [2.75, 3.05) is 13.2 Å². The van der Waals surface area contributed by atoms with Gasteiger partial charge in [0.05, 0.1) is 0 Å². The lowest BCUT2D eigenvalue weighted by atomic mass is 10.1. The van der Waals surface area contributed by atoms with Gasteiger partial charge in [0.25, 0.3) is 0 Å². The first-order valence-electron chi connectivity index (χ1n) is 22.8. The van der Waals surface area contributed by atoms with E-state index in [1.54, 1.807) is 0 Å². The minimum absolute atomic E-state index is 0.0842. The van der Waals surface area contributed by atoms with Gasteiger partial charge >= 0.3 is 17.9 Å². The van der Waals surface area contributed by atoms with Gasteiger partial charge in [0.1, 0.15) is 13.2 Å². The van der Waals surface area contributed by atoms with Gasteiger partial charge in [-0.05, 0) is 77.0 Å².